The molecule has 1 aromatic heterocycles. The Kier molecular flexibility index (Phi) is 6.28. The molecule has 3 N–H and O–H groups in total. The molecule has 0 saturated carbocycles. The second-order valence-corrected chi connectivity index (χ2v) is 3.30. The van der Waals surface area contributed by atoms with Gasteiger partial charge in [-0.3, -0.25) is 11.3 Å². The van der Waals surface area contributed by atoms with Crippen LogP contribution in [0.4, 0.5) is 4.39 Å². The molecule has 1 aromatic carbocycles. The van der Waals surface area contributed by atoms with Crippen LogP contribution in [0.2, 0.25) is 5.02 Å². The maximum Gasteiger partial charge on any atom is 0.219 e. The van der Waals surface area contributed by atoms with Gasteiger partial charge < -0.3 is 0 Å². The van der Waals surface area contributed by atoms with Gasteiger partial charge in [0.15, 0.2) is 0 Å². The summed E-state index contributed by atoms with van der Waals surface area (Å²) in [7, 11) is 3.21. The lowest BCUT2D eigenvalue weighted by atomic mass is 10.2. The van der Waals surface area contributed by atoms with Crippen LogP contribution in [-0.4, -0.2) is 16.8 Å². The van der Waals surface area contributed by atoms with E-state index in [2.05, 4.69) is 16.4 Å². The molecule has 0 unspecified atom stereocenters. The van der Waals surface area contributed by atoms with E-state index in [1.54, 1.807) is 32.3 Å². The number of halogens is 3. The number of rotatable bonds is 0. The number of hydrogen-bond donors (Lipinski definition) is 2. The van der Waals surface area contributed by atoms with Crippen LogP contribution in [-0.2, 0) is 7.05 Å². The van der Waals surface area contributed by atoms with E-state index in [4.69, 9.17) is 11.6 Å². The zero-order chi connectivity index (χ0) is 11.4. The highest BCUT2D eigenvalue weighted by atomic mass is 35.5. The number of fused-ring (bicyclic) bond motifs is 1. The summed E-state index contributed by atoms with van der Waals surface area (Å²) >= 11 is 5.70. The van der Waals surface area contributed by atoms with Crippen molar-refractivity contribution in [3.63, 3.8) is 0 Å². The van der Waals surface area contributed by atoms with Gasteiger partial charge in [0.2, 0.25) is 5.95 Å². The van der Waals surface area contributed by atoms with Crippen LogP contribution in [0.25, 0.3) is 10.9 Å². The third-order valence-electron chi connectivity index (χ3n) is 1.72. The lowest BCUT2D eigenvalue weighted by Gasteiger charge is -1.88. The maximum absolute atomic E-state index is 13.2. The number of aromatic nitrogens is 2. The molecule has 7 heteroatoms. The van der Waals surface area contributed by atoms with Crippen molar-refractivity contribution in [3.05, 3.63) is 29.2 Å². The first kappa shape index (κ1) is 15.1. The van der Waals surface area contributed by atoms with E-state index in [9.17, 15) is 4.39 Å². The summed E-state index contributed by atoms with van der Waals surface area (Å²) in [6.45, 7) is 0. The van der Waals surface area contributed by atoms with Crippen molar-refractivity contribution >= 4 is 34.9 Å². The molecule has 0 aliphatic carbocycles. The van der Waals surface area contributed by atoms with Gasteiger partial charge in [-0.1, -0.05) is 11.6 Å². The van der Waals surface area contributed by atoms with Gasteiger partial charge in [0.25, 0.3) is 0 Å². The Morgan fingerprint density at radius 1 is 1.50 bits per heavy atom. The fourth-order valence-electron chi connectivity index (χ4n) is 1.14. The molecule has 90 valence electrons. The average molecular weight is 267 g/mol. The molecule has 2 rings (SSSR count). The average Bonchev–Trinajstić information content (AvgIpc) is 2.46. The fourth-order valence-corrected chi connectivity index (χ4v) is 1.31. The molecule has 0 atom stereocenters. The molecule has 0 bridgehead atoms. The van der Waals surface area contributed by atoms with Gasteiger partial charge in [-0.05, 0) is 25.2 Å². The third-order valence-corrected chi connectivity index (χ3v) is 1.96. The van der Waals surface area contributed by atoms with Gasteiger partial charge in [-0.25, -0.2) is 4.68 Å². The molecular weight excluding hydrogens is 254 g/mol. The van der Waals surface area contributed by atoms with Crippen molar-refractivity contribution in [2.45, 2.75) is 0 Å². The topological polar surface area (TPSA) is 55.9 Å². The first-order chi connectivity index (χ1) is 7.10. The smallest absolute Gasteiger partial charge is 0.219 e. The highest BCUT2D eigenvalue weighted by Gasteiger charge is 2.07. The van der Waals surface area contributed by atoms with Crippen molar-refractivity contribution in [3.8, 4) is 0 Å². The number of aryl methyl sites for hydroxylation is 1. The van der Waals surface area contributed by atoms with E-state index in [0.29, 0.717) is 15.9 Å². The van der Waals surface area contributed by atoms with Crippen LogP contribution in [0, 0.1) is 5.95 Å². The SMILES string of the molecule is CNN.Cl.Cn1nc2ccc(Cl)cc2c1F. The maximum atomic E-state index is 13.2. The van der Waals surface area contributed by atoms with E-state index in [0.717, 1.165) is 0 Å². The summed E-state index contributed by atoms with van der Waals surface area (Å²) in [6, 6.07) is 4.95. The minimum Gasteiger partial charge on any atom is -0.272 e. The van der Waals surface area contributed by atoms with Crippen LogP contribution in [0.5, 0.6) is 0 Å². The number of nitrogens with two attached hydrogens (primary N) is 1. The molecule has 2 aromatic rings. The van der Waals surface area contributed by atoms with Crippen molar-refractivity contribution < 1.29 is 4.39 Å². The quantitative estimate of drug-likeness (QED) is 0.566. The number of hydrogen-bond acceptors (Lipinski definition) is 3. The number of nitrogens with one attached hydrogen (secondary N) is 1. The van der Waals surface area contributed by atoms with E-state index in [1.807, 2.05) is 0 Å². The number of hydrazine groups is 1. The van der Waals surface area contributed by atoms with E-state index in [-0.39, 0.29) is 18.4 Å². The molecule has 0 spiro atoms. The summed E-state index contributed by atoms with van der Waals surface area (Å²) in [5.74, 6) is 4.24. The van der Waals surface area contributed by atoms with Crippen molar-refractivity contribution in [1.82, 2.24) is 15.2 Å². The minimum atomic E-state index is -0.354. The lowest BCUT2D eigenvalue weighted by molar-refractivity contribution is 0.512. The van der Waals surface area contributed by atoms with Gasteiger partial charge in [0.05, 0.1) is 10.9 Å². The Morgan fingerprint density at radius 2 is 2.06 bits per heavy atom. The van der Waals surface area contributed by atoms with Crippen molar-refractivity contribution in [2.24, 2.45) is 12.9 Å². The first-order valence-electron chi connectivity index (χ1n) is 4.25. The second-order valence-electron chi connectivity index (χ2n) is 2.86. The van der Waals surface area contributed by atoms with Gasteiger partial charge in [-0.15, -0.1) is 12.4 Å². The highest BCUT2D eigenvalue weighted by Crippen LogP contribution is 2.20. The molecule has 4 nitrogen and oxygen atoms in total. The normalized spacial score (nSPS) is 9.31. The van der Waals surface area contributed by atoms with Crippen LogP contribution >= 0.6 is 24.0 Å². The Balaban J connectivity index is 0.000000511. The predicted octanol–water partition coefficient (Wildman–Crippen LogP) is 1.87. The van der Waals surface area contributed by atoms with Crippen molar-refractivity contribution in [1.29, 1.82) is 0 Å². The van der Waals surface area contributed by atoms with Crippen molar-refractivity contribution in [2.75, 3.05) is 7.05 Å². The van der Waals surface area contributed by atoms with Gasteiger partial charge in [0.1, 0.15) is 0 Å². The summed E-state index contributed by atoms with van der Waals surface area (Å²) < 4.78 is 14.4. The fraction of sp³-hybridized carbons (Fsp3) is 0.222. The van der Waals surface area contributed by atoms with E-state index < -0.39 is 0 Å². The zero-order valence-corrected chi connectivity index (χ0v) is 10.4. The minimum absolute atomic E-state index is 0. The van der Waals surface area contributed by atoms with Gasteiger partial charge in [0, 0.05) is 12.1 Å². The Bertz CT molecular complexity index is 458. The zero-order valence-electron chi connectivity index (χ0n) is 8.87. The monoisotopic (exact) mass is 266 g/mol. The molecule has 0 amide bonds. The summed E-state index contributed by atoms with van der Waals surface area (Å²) in [6.07, 6.45) is 0. The molecule has 16 heavy (non-hydrogen) atoms. The van der Waals surface area contributed by atoms with Crippen LogP contribution in [0.1, 0.15) is 0 Å². The molecule has 0 saturated heterocycles. The second kappa shape index (κ2) is 6.65. The molecule has 0 aliphatic rings. The Labute approximate surface area is 104 Å². The van der Waals surface area contributed by atoms with E-state index >= 15 is 0 Å². The third kappa shape index (κ3) is 3.31. The largest absolute Gasteiger partial charge is 0.272 e. The number of nitrogens with zero attached hydrogens (tertiary/aromatic N) is 2. The van der Waals surface area contributed by atoms with Crippen LogP contribution in [0.3, 0.4) is 0 Å². The summed E-state index contributed by atoms with van der Waals surface area (Å²) in [4.78, 5) is 0. The Morgan fingerprint density at radius 3 is 2.62 bits per heavy atom. The summed E-state index contributed by atoms with van der Waals surface area (Å²) in [5, 5.41) is 4.92. The van der Waals surface area contributed by atoms with Gasteiger partial charge in [-0.2, -0.15) is 9.49 Å². The van der Waals surface area contributed by atoms with Crippen LogP contribution in [0.15, 0.2) is 18.2 Å². The molecule has 1 heterocycles. The number of benzene rings is 1. The first-order valence-corrected chi connectivity index (χ1v) is 4.63. The van der Waals surface area contributed by atoms with E-state index in [1.165, 1.54) is 4.68 Å². The van der Waals surface area contributed by atoms with Gasteiger partial charge >= 0.3 is 0 Å². The molecule has 0 radical (unpaired) electrons. The standard InChI is InChI=1S/C8H6ClFN2.CH6N2.ClH/c1-12-8(10)6-4-5(9)2-3-7(6)11-12;1-3-2;/h2-4H,1H3;3H,2H2,1H3;1H. The predicted molar refractivity (Wildman–Crippen MR) is 66.2 cm³/mol. The molecule has 0 fully saturated rings. The Hall–Kier alpha value is -0.880. The summed E-state index contributed by atoms with van der Waals surface area (Å²) in [5.41, 5.74) is 2.87. The van der Waals surface area contributed by atoms with Crippen LogP contribution < -0.4 is 11.3 Å². The highest BCUT2D eigenvalue weighted by molar-refractivity contribution is 6.31. The lowest BCUT2D eigenvalue weighted by Crippen LogP contribution is -2.13. The molecule has 0 aliphatic heterocycles. The molecular formula is C9H13Cl2FN4.